The average Bonchev–Trinajstić information content (AvgIpc) is 2.02. The van der Waals surface area contributed by atoms with Gasteiger partial charge in [0.05, 0.1) is 0 Å². The molecule has 0 radical (unpaired) electrons. The molecule has 0 spiro atoms. The van der Waals surface area contributed by atoms with E-state index >= 15 is 0 Å². The topological polar surface area (TPSA) is 26.3 Å². The zero-order chi connectivity index (χ0) is 9.90. The van der Waals surface area contributed by atoms with Crippen LogP contribution in [0.5, 0.6) is 0 Å². The molecule has 74 valence electrons. The van der Waals surface area contributed by atoms with E-state index in [2.05, 4.69) is 19.9 Å². The van der Waals surface area contributed by atoms with Crippen molar-refractivity contribution in [3.8, 4) is 0 Å². The van der Waals surface area contributed by atoms with Crippen molar-refractivity contribution in [3.63, 3.8) is 0 Å². The zero-order valence-electron chi connectivity index (χ0n) is 8.67. The molecule has 2 heteroatoms. The predicted octanol–water partition coefficient (Wildman–Crippen LogP) is 2.68. The molecule has 2 nitrogen and oxygen atoms in total. The summed E-state index contributed by atoms with van der Waals surface area (Å²) in [7, 11) is 0. The molecule has 13 heavy (non-hydrogen) atoms. The van der Waals surface area contributed by atoms with Crippen molar-refractivity contribution in [1.82, 2.24) is 0 Å². The molecular weight excluding hydrogens is 164 g/mol. The van der Waals surface area contributed by atoms with Crippen LogP contribution in [0.4, 0.5) is 0 Å². The molecule has 1 atom stereocenters. The van der Waals surface area contributed by atoms with Gasteiger partial charge in [0.2, 0.25) is 0 Å². The molecule has 0 heterocycles. The Bertz CT molecular complexity index is 216. The van der Waals surface area contributed by atoms with E-state index in [9.17, 15) is 4.79 Å². The van der Waals surface area contributed by atoms with Gasteiger partial charge in [-0.25, -0.2) is 0 Å². The number of hydrogen-bond donors (Lipinski definition) is 0. The van der Waals surface area contributed by atoms with Crippen molar-refractivity contribution >= 4 is 5.97 Å². The highest BCUT2D eigenvalue weighted by Gasteiger charge is 2.26. The first kappa shape index (κ1) is 10.3. The minimum atomic E-state index is -0.104. The van der Waals surface area contributed by atoms with Gasteiger partial charge in [-0.05, 0) is 24.3 Å². The van der Waals surface area contributed by atoms with Crippen molar-refractivity contribution < 1.29 is 9.53 Å². The normalized spacial score (nSPS) is 25.6. The van der Waals surface area contributed by atoms with Gasteiger partial charge in [0.15, 0.2) is 0 Å². The molecule has 0 saturated carbocycles. The van der Waals surface area contributed by atoms with Crippen LogP contribution in [-0.4, -0.2) is 12.1 Å². The van der Waals surface area contributed by atoms with Gasteiger partial charge >= 0.3 is 5.97 Å². The van der Waals surface area contributed by atoms with E-state index in [0.29, 0.717) is 6.42 Å². The lowest BCUT2D eigenvalue weighted by atomic mass is 9.80. The van der Waals surface area contributed by atoms with Gasteiger partial charge in [-0.1, -0.05) is 26.8 Å². The number of allylic oxidation sites excluding steroid dienone is 1. The zero-order valence-corrected chi connectivity index (χ0v) is 8.67. The molecular formula is C11H18O2. The summed E-state index contributed by atoms with van der Waals surface area (Å²) in [5, 5.41) is 0. The monoisotopic (exact) mass is 182 g/mol. The van der Waals surface area contributed by atoms with Crippen LogP contribution in [0.25, 0.3) is 0 Å². The molecule has 0 aliphatic heterocycles. The van der Waals surface area contributed by atoms with E-state index in [1.165, 1.54) is 0 Å². The van der Waals surface area contributed by atoms with Gasteiger partial charge in [0.1, 0.15) is 6.10 Å². The van der Waals surface area contributed by atoms with Crippen LogP contribution in [0.15, 0.2) is 12.2 Å². The standard InChI is InChI=1S/C11H18O2/c1-4-10(12)13-9-6-5-7-11(2,3)8-9/h5-6,9H,4,7-8H2,1-3H3. The summed E-state index contributed by atoms with van der Waals surface area (Å²) in [4.78, 5) is 11.0. The van der Waals surface area contributed by atoms with Crippen molar-refractivity contribution in [2.75, 3.05) is 0 Å². The minimum absolute atomic E-state index is 0.00352. The van der Waals surface area contributed by atoms with Crippen molar-refractivity contribution in [1.29, 1.82) is 0 Å². The van der Waals surface area contributed by atoms with Gasteiger partial charge in [-0.3, -0.25) is 4.79 Å². The van der Waals surface area contributed by atoms with E-state index in [1.807, 2.05) is 13.0 Å². The summed E-state index contributed by atoms with van der Waals surface area (Å²) in [6.45, 7) is 6.21. The smallest absolute Gasteiger partial charge is 0.306 e. The first-order valence-electron chi connectivity index (χ1n) is 4.89. The SMILES string of the molecule is CCC(=O)OC1C=CCC(C)(C)C1. The van der Waals surface area contributed by atoms with E-state index in [0.717, 1.165) is 12.8 Å². The molecule has 0 fully saturated rings. The summed E-state index contributed by atoms with van der Waals surface area (Å²) in [6, 6.07) is 0. The second kappa shape index (κ2) is 3.95. The van der Waals surface area contributed by atoms with Gasteiger partial charge in [-0.15, -0.1) is 0 Å². The molecule has 1 aliphatic rings. The van der Waals surface area contributed by atoms with Crippen LogP contribution >= 0.6 is 0 Å². The van der Waals surface area contributed by atoms with Gasteiger partial charge in [0, 0.05) is 6.42 Å². The highest BCUT2D eigenvalue weighted by molar-refractivity contribution is 5.69. The summed E-state index contributed by atoms with van der Waals surface area (Å²) in [5.41, 5.74) is 0.271. The number of hydrogen-bond acceptors (Lipinski definition) is 2. The van der Waals surface area contributed by atoms with Crippen LogP contribution in [0.1, 0.15) is 40.0 Å². The third-order valence-corrected chi connectivity index (χ3v) is 2.35. The number of carbonyl (C=O) groups excluding carboxylic acids is 1. The fraction of sp³-hybridized carbons (Fsp3) is 0.727. The Labute approximate surface area is 80.0 Å². The Balaban J connectivity index is 2.48. The second-order valence-electron chi connectivity index (χ2n) is 4.38. The quantitative estimate of drug-likeness (QED) is 0.485. The van der Waals surface area contributed by atoms with E-state index in [1.54, 1.807) is 0 Å². The van der Waals surface area contributed by atoms with Crippen LogP contribution in [-0.2, 0) is 9.53 Å². The molecule has 1 aliphatic carbocycles. The summed E-state index contributed by atoms with van der Waals surface area (Å²) in [6.07, 6.45) is 6.58. The van der Waals surface area contributed by atoms with Crippen LogP contribution in [0.2, 0.25) is 0 Å². The second-order valence-corrected chi connectivity index (χ2v) is 4.38. The van der Waals surface area contributed by atoms with Crippen LogP contribution < -0.4 is 0 Å². The van der Waals surface area contributed by atoms with Gasteiger partial charge < -0.3 is 4.74 Å². The lowest BCUT2D eigenvalue weighted by molar-refractivity contribution is -0.147. The molecule has 0 aromatic rings. The summed E-state index contributed by atoms with van der Waals surface area (Å²) >= 11 is 0. The maximum Gasteiger partial charge on any atom is 0.306 e. The molecule has 0 amide bonds. The van der Waals surface area contributed by atoms with E-state index in [4.69, 9.17) is 4.74 Å². The van der Waals surface area contributed by atoms with Crippen molar-refractivity contribution in [2.24, 2.45) is 5.41 Å². The Kier molecular flexibility index (Phi) is 3.12. The Morgan fingerprint density at radius 3 is 2.85 bits per heavy atom. The van der Waals surface area contributed by atoms with Crippen molar-refractivity contribution in [3.05, 3.63) is 12.2 Å². The average molecular weight is 182 g/mol. The van der Waals surface area contributed by atoms with Gasteiger partial charge in [0.25, 0.3) is 0 Å². The molecule has 0 saturated heterocycles. The summed E-state index contributed by atoms with van der Waals surface area (Å²) in [5.74, 6) is -0.104. The van der Waals surface area contributed by atoms with E-state index in [-0.39, 0.29) is 17.5 Å². The maximum atomic E-state index is 11.0. The predicted molar refractivity (Wildman–Crippen MR) is 52.3 cm³/mol. The Morgan fingerprint density at radius 1 is 1.62 bits per heavy atom. The fourth-order valence-electron chi connectivity index (χ4n) is 1.57. The summed E-state index contributed by atoms with van der Waals surface area (Å²) < 4.78 is 5.25. The molecule has 1 unspecified atom stereocenters. The van der Waals surface area contributed by atoms with Gasteiger partial charge in [-0.2, -0.15) is 0 Å². The highest BCUT2D eigenvalue weighted by Crippen LogP contribution is 2.32. The fourth-order valence-corrected chi connectivity index (χ4v) is 1.57. The number of rotatable bonds is 2. The number of esters is 1. The first-order valence-corrected chi connectivity index (χ1v) is 4.89. The van der Waals surface area contributed by atoms with Crippen LogP contribution in [0.3, 0.4) is 0 Å². The molecule has 0 N–H and O–H groups in total. The molecule has 0 aromatic carbocycles. The van der Waals surface area contributed by atoms with Crippen LogP contribution in [0, 0.1) is 5.41 Å². The Hall–Kier alpha value is -0.790. The number of ether oxygens (including phenoxy) is 1. The van der Waals surface area contributed by atoms with E-state index < -0.39 is 0 Å². The largest absolute Gasteiger partial charge is 0.458 e. The lowest BCUT2D eigenvalue weighted by Gasteiger charge is -2.30. The van der Waals surface area contributed by atoms with Crippen molar-refractivity contribution in [2.45, 2.75) is 46.1 Å². The third kappa shape index (κ3) is 3.21. The lowest BCUT2D eigenvalue weighted by Crippen LogP contribution is -2.26. The highest BCUT2D eigenvalue weighted by atomic mass is 16.5. The first-order chi connectivity index (χ1) is 6.03. The molecule has 0 bridgehead atoms. The minimum Gasteiger partial charge on any atom is -0.458 e. The third-order valence-electron chi connectivity index (χ3n) is 2.35. The Morgan fingerprint density at radius 2 is 2.31 bits per heavy atom. The molecule has 1 rings (SSSR count). The number of carbonyl (C=O) groups is 1. The maximum absolute atomic E-state index is 11.0. The molecule has 0 aromatic heterocycles.